The molecule has 3 aliphatic rings. The molecule has 0 unspecified atom stereocenters. The molecule has 0 atom stereocenters. The predicted octanol–water partition coefficient (Wildman–Crippen LogP) is -0.558. The van der Waals surface area contributed by atoms with E-state index in [1.807, 2.05) is 9.80 Å². The Labute approximate surface area is 112 Å². The zero-order valence-corrected chi connectivity index (χ0v) is 11.0. The van der Waals surface area contributed by atoms with Crippen molar-refractivity contribution in [2.24, 2.45) is 0 Å². The first-order chi connectivity index (χ1) is 9.15. The lowest BCUT2D eigenvalue weighted by molar-refractivity contribution is -0.139. The molecular weight excluding hydrogens is 246 g/mol. The first kappa shape index (κ1) is 12.6. The highest BCUT2D eigenvalue weighted by Gasteiger charge is 2.36. The zero-order valence-electron chi connectivity index (χ0n) is 11.0. The minimum absolute atomic E-state index is 0.0760. The number of rotatable bonds is 4. The average Bonchev–Trinajstić information content (AvgIpc) is 3.16. The van der Waals surface area contributed by atoms with Crippen LogP contribution >= 0.6 is 0 Å². The number of nitrogens with zero attached hydrogens (tertiary/aromatic N) is 3. The van der Waals surface area contributed by atoms with Gasteiger partial charge >= 0.3 is 0 Å². The quantitative estimate of drug-likeness (QED) is 0.639. The molecule has 6 nitrogen and oxygen atoms in total. The number of likely N-dealkylation sites (tertiary alicyclic amines) is 1. The molecule has 0 aromatic rings. The normalized spacial score (nSPS) is 25.6. The molecule has 0 aromatic heterocycles. The maximum Gasteiger partial charge on any atom is 0.237 e. The molecular formula is C13H19N3O3. The maximum absolute atomic E-state index is 11.9. The van der Waals surface area contributed by atoms with E-state index in [0.29, 0.717) is 38.5 Å². The average molecular weight is 265 g/mol. The van der Waals surface area contributed by atoms with Gasteiger partial charge in [0.25, 0.3) is 0 Å². The molecule has 19 heavy (non-hydrogen) atoms. The van der Waals surface area contributed by atoms with Crippen LogP contribution < -0.4 is 0 Å². The standard InChI is InChI=1S/C13H19N3O3/c17-11-3-4-12(18)16(11)8-6-14-5-7-15(10-1-2-10)13(19)9-14/h10H,1-9H2. The van der Waals surface area contributed by atoms with E-state index in [2.05, 4.69) is 0 Å². The molecule has 0 spiro atoms. The lowest BCUT2D eigenvalue weighted by atomic mass is 10.3. The topological polar surface area (TPSA) is 60.9 Å². The Bertz CT molecular complexity index is 403. The van der Waals surface area contributed by atoms with E-state index in [4.69, 9.17) is 0 Å². The third-order valence-corrected chi connectivity index (χ3v) is 4.12. The van der Waals surface area contributed by atoms with Crippen LogP contribution in [0.25, 0.3) is 0 Å². The molecule has 3 fully saturated rings. The molecule has 1 aliphatic carbocycles. The monoisotopic (exact) mass is 265 g/mol. The van der Waals surface area contributed by atoms with Crippen molar-refractivity contribution in [3.05, 3.63) is 0 Å². The van der Waals surface area contributed by atoms with E-state index >= 15 is 0 Å². The summed E-state index contributed by atoms with van der Waals surface area (Å²) in [5.41, 5.74) is 0. The van der Waals surface area contributed by atoms with Crippen LogP contribution in [-0.2, 0) is 14.4 Å². The second-order valence-electron chi connectivity index (χ2n) is 5.53. The van der Waals surface area contributed by atoms with Gasteiger partial charge in [0.2, 0.25) is 17.7 Å². The fraction of sp³-hybridized carbons (Fsp3) is 0.769. The van der Waals surface area contributed by atoms with Crippen molar-refractivity contribution in [2.75, 3.05) is 32.7 Å². The molecule has 6 heteroatoms. The number of hydrogen-bond donors (Lipinski definition) is 0. The minimum Gasteiger partial charge on any atom is -0.337 e. The number of imide groups is 1. The van der Waals surface area contributed by atoms with E-state index in [0.717, 1.165) is 25.9 Å². The van der Waals surface area contributed by atoms with Crippen LogP contribution in [0.4, 0.5) is 0 Å². The summed E-state index contributed by atoms with van der Waals surface area (Å²) in [5.74, 6) is 0.0358. The number of hydrogen-bond acceptors (Lipinski definition) is 4. The van der Waals surface area contributed by atoms with Gasteiger partial charge in [-0.2, -0.15) is 0 Å². The fourth-order valence-corrected chi connectivity index (χ4v) is 2.81. The molecule has 2 saturated heterocycles. The van der Waals surface area contributed by atoms with E-state index < -0.39 is 0 Å². The number of piperazine rings is 1. The molecule has 2 heterocycles. The predicted molar refractivity (Wildman–Crippen MR) is 67.1 cm³/mol. The SMILES string of the molecule is O=C1CCC(=O)N1CCN1CCN(C2CC2)C(=O)C1. The molecule has 104 valence electrons. The maximum atomic E-state index is 11.9. The van der Waals surface area contributed by atoms with Crippen molar-refractivity contribution in [1.29, 1.82) is 0 Å². The highest BCUT2D eigenvalue weighted by Crippen LogP contribution is 2.27. The van der Waals surface area contributed by atoms with E-state index in [-0.39, 0.29) is 17.7 Å². The van der Waals surface area contributed by atoms with Crippen LogP contribution in [0.5, 0.6) is 0 Å². The smallest absolute Gasteiger partial charge is 0.237 e. The van der Waals surface area contributed by atoms with Gasteiger partial charge in [0.1, 0.15) is 0 Å². The lowest BCUT2D eigenvalue weighted by Crippen LogP contribution is -2.52. The highest BCUT2D eigenvalue weighted by molar-refractivity contribution is 6.01. The van der Waals surface area contributed by atoms with Crippen molar-refractivity contribution >= 4 is 17.7 Å². The second-order valence-corrected chi connectivity index (χ2v) is 5.53. The summed E-state index contributed by atoms with van der Waals surface area (Å²) < 4.78 is 0. The number of carbonyl (C=O) groups is 3. The third-order valence-electron chi connectivity index (χ3n) is 4.12. The third kappa shape index (κ3) is 2.63. The van der Waals surface area contributed by atoms with Gasteiger partial charge in [0, 0.05) is 45.1 Å². The first-order valence-corrected chi connectivity index (χ1v) is 7.00. The van der Waals surface area contributed by atoms with Crippen molar-refractivity contribution < 1.29 is 14.4 Å². The van der Waals surface area contributed by atoms with E-state index in [1.165, 1.54) is 4.90 Å². The molecule has 0 N–H and O–H groups in total. The lowest BCUT2D eigenvalue weighted by Gasteiger charge is -2.34. The van der Waals surface area contributed by atoms with Gasteiger partial charge in [0.15, 0.2) is 0 Å². The van der Waals surface area contributed by atoms with E-state index in [9.17, 15) is 14.4 Å². The van der Waals surface area contributed by atoms with Gasteiger partial charge in [-0.25, -0.2) is 0 Å². The Morgan fingerprint density at radius 3 is 2.16 bits per heavy atom. The first-order valence-electron chi connectivity index (χ1n) is 7.00. The summed E-state index contributed by atoms with van der Waals surface area (Å²) in [6, 6.07) is 0.483. The van der Waals surface area contributed by atoms with Gasteiger partial charge in [0.05, 0.1) is 6.54 Å². The van der Waals surface area contributed by atoms with Crippen LogP contribution in [0.3, 0.4) is 0 Å². The Kier molecular flexibility index (Phi) is 3.26. The van der Waals surface area contributed by atoms with Gasteiger partial charge in [-0.1, -0.05) is 0 Å². The fourth-order valence-electron chi connectivity index (χ4n) is 2.81. The zero-order chi connectivity index (χ0) is 13.4. The Morgan fingerprint density at radius 2 is 1.58 bits per heavy atom. The largest absolute Gasteiger partial charge is 0.337 e. The van der Waals surface area contributed by atoms with Crippen LogP contribution in [0.1, 0.15) is 25.7 Å². The summed E-state index contributed by atoms with van der Waals surface area (Å²) in [7, 11) is 0. The summed E-state index contributed by atoms with van der Waals surface area (Å²) >= 11 is 0. The second kappa shape index (κ2) is 4.92. The van der Waals surface area contributed by atoms with Crippen LogP contribution in [-0.4, -0.2) is 71.2 Å². The van der Waals surface area contributed by atoms with Gasteiger partial charge in [-0.05, 0) is 12.8 Å². The van der Waals surface area contributed by atoms with Crippen molar-refractivity contribution in [1.82, 2.24) is 14.7 Å². The van der Waals surface area contributed by atoms with Crippen LogP contribution in [0, 0.1) is 0 Å². The molecule has 3 rings (SSSR count). The molecule has 0 aromatic carbocycles. The molecule has 2 aliphatic heterocycles. The Balaban J connectivity index is 1.47. The van der Waals surface area contributed by atoms with Gasteiger partial charge in [-0.3, -0.25) is 24.2 Å². The van der Waals surface area contributed by atoms with Crippen molar-refractivity contribution in [3.8, 4) is 0 Å². The molecule has 3 amide bonds. The number of carbonyl (C=O) groups excluding carboxylic acids is 3. The Morgan fingerprint density at radius 1 is 0.895 bits per heavy atom. The Hall–Kier alpha value is -1.43. The van der Waals surface area contributed by atoms with Crippen molar-refractivity contribution in [3.63, 3.8) is 0 Å². The van der Waals surface area contributed by atoms with Crippen LogP contribution in [0.2, 0.25) is 0 Å². The van der Waals surface area contributed by atoms with Crippen molar-refractivity contribution in [2.45, 2.75) is 31.7 Å². The summed E-state index contributed by atoms with van der Waals surface area (Å²) in [6.45, 7) is 3.09. The summed E-state index contributed by atoms with van der Waals surface area (Å²) in [4.78, 5) is 40.3. The summed E-state index contributed by atoms with van der Waals surface area (Å²) in [6.07, 6.45) is 2.96. The van der Waals surface area contributed by atoms with Crippen LogP contribution in [0.15, 0.2) is 0 Å². The highest BCUT2D eigenvalue weighted by atomic mass is 16.2. The van der Waals surface area contributed by atoms with E-state index in [1.54, 1.807) is 0 Å². The molecule has 0 radical (unpaired) electrons. The van der Waals surface area contributed by atoms with Gasteiger partial charge in [-0.15, -0.1) is 0 Å². The summed E-state index contributed by atoms with van der Waals surface area (Å²) in [5, 5.41) is 0. The minimum atomic E-state index is -0.0760. The molecule has 1 saturated carbocycles. The number of amides is 3. The molecule has 0 bridgehead atoms. The van der Waals surface area contributed by atoms with Gasteiger partial charge < -0.3 is 4.90 Å².